The number of esters is 1. The molecule has 0 aromatic carbocycles. The van der Waals surface area contributed by atoms with Crippen LogP contribution in [0.3, 0.4) is 0 Å². The number of amides is 1. The van der Waals surface area contributed by atoms with Crippen LogP contribution < -0.4 is 10.2 Å². The van der Waals surface area contributed by atoms with Crippen LogP contribution in [0.15, 0.2) is 18.3 Å². The Labute approximate surface area is 175 Å². The number of likely N-dealkylation sites (tertiary alicyclic amines) is 1. The van der Waals surface area contributed by atoms with Crippen LogP contribution in [-0.4, -0.2) is 36.6 Å². The third kappa shape index (κ3) is 4.12. The molecule has 156 valence electrons. The van der Waals surface area contributed by atoms with Crippen molar-refractivity contribution in [1.82, 2.24) is 4.57 Å². The van der Waals surface area contributed by atoms with Crippen LogP contribution in [0.4, 0.5) is 5.00 Å². The van der Waals surface area contributed by atoms with Crippen LogP contribution in [0.5, 0.6) is 0 Å². The van der Waals surface area contributed by atoms with Crippen molar-refractivity contribution in [2.24, 2.45) is 7.05 Å². The maximum atomic E-state index is 12.9. The molecule has 1 amide bonds. The van der Waals surface area contributed by atoms with Gasteiger partial charge in [-0.15, -0.1) is 11.3 Å². The van der Waals surface area contributed by atoms with Gasteiger partial charge in [-0.1, -0.05) is 6.42 Å². The van der Waals surface area contributed by atoms with E-state index in [9.17, 15) is 9.59 Å². The van der Waals surface area contributed by atoms with E-state index in [-0.39, 0.29) is 11.9 Å². The topological polar surface area (TPSA) is 64.8 Å². The number of aryl methyl sites for hydroxylation is 2. The molecule has 29 heavy (non-hydrogen) atoms. The molecule has 2 aliphatic rings. The van der Waals surface area contributed by atoms with E-state index in [1.807, 2.05) is 0 Å². The standard InChI is InChI=1S/C22H29N3O3S/c1-24-12-6-9-16(24)17-10-7-13-25(17)14-19(26)23-21-20(22(27)28-2)15-8-4-3-5-11-18(15)29-21/h6,9,12,17H,3-5,7-8,10-11,13-14H2,1-2H3,(H,23,26)/p+1/t17-/m1/s1. The van der Waals surface area contributed by atoms with Gasteiger partial charge in [0.25, 0.3) is 5.91 Å². The van der Waals surface area contributed by atoms with E-state index in [1.165, 1.54) is 29.0 Å². The molecule has 1 unspecified atom stereocenters. The van der Waals surface area contributed by atoms with Gasteiger partial charge in [-0.3, -0.25) is 4.79 Å². The van der Waals surface area contributed by atoms with E-state index in [0.717, 1.165) is 50.6 Å². The van der Waals surface area contributed by atoms with Gasteiger partial charge in [0.15, 0.2) is 6.54 Å². The van der Waals surface area contributed by atoms with Gasteiger partial charge in [-0.05, 0) is 43.4 Å². The molecule has 6 nitrogen and oxygen atoms in total. The lowest BCUT2D eigenvalue weighted by atomic mass is 10.1. The molecule has 2 aromatic rings. The van der Waals surface area contributed by atoms with Crippen LogP contribution >= 0.6 is 11.3 Å². The average Bonchev–Trinajstić information content (AvgIpc) is 3.36. The van der Waals surface area contributed by atoms with Gasteiger partial charge in [-0.2, -0.15) is 0 Å². The maximum Gasteiger partial charge on any atom is 0.341 e. The Morgan fingerprint density at radius 2 is 2.10 bits per heavy atom. The van der Waals surface area contributed by atoms with Gasteiger partial charge in [0.05, 0.1) is 24.9 Å². The van der Waals surface area contributed by atoms with Crippen molar-refractivity contribution in [1.29, 1.82) is 0 Å². The normalized spacial score (nSPS) is 21.4. The molecule has 1 aliphatic heterocycles. The molecule has 3 heterocycles. The number of hydrogen-bond donors (Lipinski definition) is 2. The summed E-state index contributed by atoms with van der Waals surface area (Å²) >= 11 is 1.56. The predicted molar refractivity (Wildman–Crippen MR) is 114 cm³/mol. The van der Waals surface area contributed by atoms with Crippen molar-refractivity contribution in [2.45, 2.75) is 51.0 Å². The quantitative estimate of drug-likeness (QED) is 0.581. The number of hydrogen-bond acceptors (Lipinski definition) is 4. The molecule has 0 radical (unpaired) electrons. The first kappa shape index (κ1) is 20.2. The minimum Gasteiger partial charge on any atom is -0.465 e. The van der Waals surface area contributed by atoms with E-state index >= 15 is 0 Å². The van der Waals surface area contributed by atoms with Crippen LogP contribution in [0, 0.1) is 0 Å². The Hall–Kier alpha value is -2.12. The minimum absolute atomic E-state index is 0.0253. The first-order valence-corrected chi connectivity index (χ1v) is 11.4. The largest absolute Gasteiger partial charge is 0.465 e. The molecule has 0 bridgehead atoms. The number of quaternary nitrogens is 1. The van der Waals surface area contributed by atoms with Gasteiger partial charge >= 0.3 is 5.97 Å². The van der Waals surface area contributed by atoms with E-state index in [1.54, 1.807) is 11.3 Å². The highest BCUT2D eigenvalue weighted by atomic mass is 32.1. The summed E-state index contributed by atoms with van der Waals surface area (Å²) in [6.45, 7) is 1.41. The number of fused-ring (bicyclic) bond motifs is 1. The van der Waals surface area contributed by atoms with Gasteiger partial charge in [-0.25, -0.2) is 4.79 Å². The highest BCUT2D eigenvalue weighted by molar-refractivity contribution is 7.17. The molecular weight excluding hydrogens is 386 g/mol. The van der Waals surface area contributed by atoms with Crippen LogP contribution in [-0.2, 0) is 29.4 Å². The zero-order chi connectivity index (χ0) is 20.4. The highest BCUT2D eigenvalue weighted by Gasteiger charge is 2.34. The van der Waals surface area contributed by atoms with Crippen molar-refractivity contribution in [3.8, 4) is 0 Å². The molecule has 0 spiro atoms. The number of carbonyl (C=O) groups excluding carboxylic acids is 2. The number of anilines is 1. The van der Waals surface area contributed by atoms with Crippen molar-refractivity contribution in [3.63, 3.8) is 0 Å². The number of nitrogens with one attached hydrogen (secondary N) is 2. The number of aromatic nitrogens is 1. The van der Waals surface area contributed by atoms with Crippen molar-refractivity contribution >= 4 is 28.2 Å². The molecule has 1 saturated heterocycles. The zero-order valence-electron chi connectivity index (χ0n) is 17.3. The third-order valence-electron chi connectivity index (χ3n) is 6.28. The lowest BCUT2D eigenvalue weighted by Crippen LogP contribution is -3.11. The first-order valence-electron chi connectivity index (χ1n) is 10.6. The zero-order valence-corrected chi connectivity index (χ0v) is 18.1. The van der Waals surface area contributed by atoms with E-state index in [2.05, 4.69) is 35.3 Å². The molecule has 2 atom stereocenters. The van der Waals surface area contributed by atoms with Gasteiger partial charge in [0.1, 0.15) is 11.0 Å². The monoisotopic (exact) mass is 416 g/mol. The number of rotatable bonds is 5. The van der Waals surface area contributed by atoms with Crippen LogP contribution in [0.2, 0.25) is 0 Å². The second-order valence-corrected chi connectivity index (χ2v) is 9.24. The second kappa shape index (κ2) is 8.71. The smallest absolute Gasteiger partial charge is 0.341 e. The summed E-state index contributed by atoms with van der Waals surface area (Å²) in [5.74, 6) is -0.363. The summed E-state index contributed by atoms with van der Waals surface area (Å²) in [7, 11) is 3.47. The Morgan fingerprint density at radius 1 is 1.28 bits per heavy atom. The summed E-state index contributed by atoms with van der Waals surface area (Å²) < 4.78 is 7.20. The van der Waals surface area contributed by atoms with Crippen LogP contribution in [0.25, 0.3) is 0 Å². The summed E-state index contributed by atoms with van der Waals surface area (Å²) in [4.78, 5) is 27.9. The Bertz CT molecular complexity index is 901. The Morgan fingerprint density at radius 3 is 2.86 bits per heavy atom. The molecule has 7 heteroatoms. The second-order valence-electron chi connectivity index (χ2n) is 8.13. The number of thiophene rings is 1. The predicted octanol–water partition coefficient (Wildman–Crippen LogP) is 2.50. The number of nitrogens with zero attached hydrogens (tertiary/aromatic N) is 1. The van der Waals surface area contributed by atoms with Crippen molar-refractivity contribution in [2.75, 3.05) is 25.5 Å². The minimum atomic E-state index is -0.338. The maximum absolute atomic E-state index is 12.9. The molecule has 1 aliphatic carbocycles. The fraction of sp³-hybridized carbons (Fsp3) is 0.545. The summed E-state index contributed by atoms with van der Waals surface area (Å²) in [5.41, 5.74) is 2.95. The first-order chi connectivity index (χ1) is 14.1. The number of methoxy groups -OCH3 is 1. The van der Waals surface area contributed by atoms with E-state index < -0.39 is 0 Å². The number of carbonyl (C=O) groups is 2. The summed E-state index contributed by atoms with van der Waals surface area (Å²) in [5, 5.41) is 3.73. The summed E-state index contributed by atoms with van der Waals surface area (Å²) in [6.07, 6.45) is 9.55. The van der Waals surface area contributed by atoms with E-state index in [0.29, 0.717) is 23.2 Å². The van der Waals surface area contributed by atoms with E-state index in [4.69, 9.17) is 4.74 Å². The van der Waals surface area contributed by atoms with Crippen molar-refractivity contribution < 1.29 is 19.2 Å². The lowest BCUT2D eigenvalue weighted by molar-refractivity contribution is -0.910. The number of ether oxygens (including phenoxy) is 1. The fourth-order valence-corrected chi connectivity index (χ4v) is 6.14. The SMILES string of the molecule is COC(=O)c1c(NC(=O)C[NH+]2CCC[C@@H]2c2cccn2C)sc2c1CCCCC2. The Kier molecular flexibility index (Phi) is 6.06. The fourth-order valence-electron chi connectivity index (χ4n) is 4.84. The molecule has 4 rings (SSSR count). The summed E-state index contributed by atoms with van der Waals surface area (Å²) in [6, 6.07) is 4.56. The average molecular weight is 417 g/mol. The van der Waals surface area contributed by atoms with Crippen molar-refractivity contribution in [3.05, 3.63) is 40.0 Å². The third-order valence-corrected chi connectivity index (χ3v) is 7.48. The molecule has 2 N–H and O–H groups in total. The highest BCUT2D eigenvalue weighted by Crippen LogP contribution is 2.37. The van der Waals surface area contributed by atoms with Crippen LogP contribution in [0.1, 0.15) is 64.6 Å². The lowest BCUT2D eigenvalue weighted by Gasteiger charge is -2.21. The van der Waals surface area contributed by atoms with Gasteiger partial charge in [0, 0.05) is 31.0 Å². The molecule has 2 aromatic heterocycles. The Balaban J connectivity index is 1.51. The van der Waals surface area contributed by atoms with Gasteiger partial charge < -0.3 is 19.5 Å². The molecular formula is C22H30N3O3S+. The molecule has 1 fully saturated rings. The molecule has 0 saturated carbocycles. The van der Waals surface area contributed by atoms with Gasteiger partial charge in [0.2, 0.25) is 0 Å².